The van der Waals surface area contributed by atoms with E-state index in [4.69, 9.17) is 4.74 Å². The van der Waals surface area contributed by atoms with Gasteiger partial charge in [0.25, 0.3) is 5.19 Å². The second kappa shape index (κ2) is 6.17. The fraction of sp³-hybridized carbons (Fsp3) is 0.786. The van der Waals surface area contributed by atoms with Crippen molar-refractivity contribution in [3.8, 4) is 5.19 Å². The average Bonchev–Trinajstić information content (AvgIpc) is 3.08. The number of hydrogen-bond acceptors (Lipinski definition) is 5. The number of aromatic nitrogens is 2. The standard InChI is InChI=1S/C14H22N4O2S/c1-20-13-18-17-12(21-13)16-11(19)15-10-6-5-9-14(10)7-3-2-4-8-14/h10H,2-9H2,1H3,(H2,15,16,17,19). The number of methoxy groups -OCH3 is 1. The van der Waals surface area contributed by atoms with Crippen LogP contribution in [0.15, 0.2) is 0 Å². The van der Waals surface area contributed by atoms with Crippen LogP contribution in [0.4, 0.5) is 9.93 Å². The van der Waals surface area contributed by atoms with Gasteiger partial charge in [0, 0.05) is 6.04 Å². The minimum Gasteiger partial charge on any atom is -0.472 e. The molecule has 7 heteroatoms. The lowest BCUT2D eigenvalue weighted by Gasteiger charge is -2.39. The van der Waals surface area contributed by atoms with Gasteiger partial charge in [0.15, 0.2) is 0 Å². The molecule has 0 saturated heterocycles. The normalized spacial score (nSPS) is 24.0. The summed E-state index contributed by atoms with van der Waals surface area (Å²) in [7, 11) is 1.54. The van der Waals surface area contributed by atoms with Crippen LogP contribution in [0.2, 0.25) is 0 Å². The van der Waals surface area contributed by atoms with Gasteiger partial charge >= 0.3 is 6.03 Å². The van der Waals surface area contributed by atoms with E-state index in [1.54, 1.807) is 0 Å². The first kappa shape index (κ1) is 14.6. The lowest BCUT2D eigenvalue weighted by atomic mass is 9.70. The summed E-state index contributed by atoms with van der Waals surface area (Å²) in [6.07, 6.45) is 10.0. The minimum atomic E-state index is -0.175. The van der Waals surface area contributed by atoms with Crippen molar-refractivity contribution in [1.29, 1.82) is 0 Å². The van der Waals surface area contributed by atoms with Crippen molar-refractivity contribution in [2.24, 2.45) is 5.41 Å². The molecule has 1 spiro atoms. The fourth-order valence-electron chi connectivity index (χ4n) is 3.85. The minimum absolute atomic E-state index is 0.175. The Morgan fingerprint density at radius 3 is 2.71 bits per heavy atom. The molecule has 2 aliphatic carbocycles. The molecule has 3 rings (SSSR count). The van der Waals surface area contributed by atoms with E-state index in [0.29, 0.717) is 21.8 Å². The molecule has 2 aliphatic rings. The van der Waals surface area contributed by atoms with Gasteiger partial charge in [-0.15, -0.1) is 5.10 Å². The van der Waals surface area contributed by atoms with Crippen LogP contribution in [-0.2, 0) is 0 Å². The predicted octanol–water partition coefficient (Wildman–Crippen LogP) is 3.17. The Hall–Kier alpha value is -1.37. The maximum atomic E-state index is 12.2. The van der Waals surface area contributed by atoms with E-state index in [9.17, 15) is 4.79 Å². The summed E-state index contributed by atoms with van der Waals surface area (Å²) in [4.78, 5) is 12.2. The van der Waals surface area contributed by atoms with Crippen molar-refractivity contribution in [1.82, 2.24) is 15.5 Å². The number of hydrogen-bond donors (Lipinski definition) is 2. The maximum absolute atomic E-state index is 12.2. The second-order valence-corrected chi connectivity index (χ2v) is 6.98. The van der Waals surface area contributed by atoms with E-state index >= 15 is 0 Å². The Labute approximate surface area is 128 Å². The van der Waals surface area contributed by atoms with Crippen LogP contribution in [0.25, 0.3) is 0 Å². The number of nitrogens with one attached hydrogen (secondary N) is 2. The van der Waals surface area contributed by atoms with Crippen molar-refractivity contribution >= 4 is 22.5 Å². The molecule has 0 aromatic carbocycles. The first-order chi connectivity index (χ1) is 10.2. The molecule has 116 valence electrons. The van der Waals surface area contributed by atoms with Crippen molar-refractivity contribution in [2.45, 2.75) is 57.4 Å². The van der Waals surface area contributed by atoms with Crippen LogP contribution < -0.4 is 15.4 Å². The van der Waals surface area contributed by atoms with Crippen LogP contribution >= 0.6 is 11.3 Å². The van der Waals surface area contributed by atoms with E-state index in [-0.39, 0.29) is 6.03 Å². The summed E-state index contributed by atoms with van der Waals surface area (Å²) >= 11 is 1.23. The van der Waals surface area contributed by atoms with E-state index in [2.05, 4.69) is 20.8 Å². The number of carbonyl (C=O) groups is 1. The highest BCUT2D eigenvalue weighted by atomic mass is 32.1. The molecule has 21 heavy (non-hydrogen) atoms. The molecule has 0 aliphatic heterocycles. The molecular formula is C14H22N4O2S. The van der Waals surface area contributed by atoms with E-state index in [1.807, 2.05) is 0 Å². The molecule has 1 aromatic heterocycles. The van der Waals surface area contributed by atoms with Crippen molar-refractivity contribution in [3.63, 3.8) is 0 Å². The van der Waals surface area contributed by atoms with E-state index in [1.165, 1.54) is 63.4 Å². The molecule has 0 radical (unpaired) electrons. The number of rotatable bonds is 3. The lowest BCUT2D eigenvalue weighted by Crippen LogP contribution is -2.46. The van der Waals surface area contributed by atoms with Gasteiger partial charge < -0.3 is 10.1 Å². The topological polar surface area (TPSA) is 76.1 Å². The fourth-order valence-corrected chi connectivity index (χ4v) is 4.41. The van der Waals surface area contributed by atoms with Crippen LogP contribution in [0, 0.1) is 5.41 Å². The molecule has 2 fully saturated rings. The molecule has 1 heterocycles. The zero-order valence-corrected chi connectivity index (χ0v) is 13.2. The number of carbonyl (C=O) groups excluding carboxylic acids is 1. The number of amides is 2. The number of anilines is 1. The van der Waals surface area contributed by atoms with Gasteiger partial charge in [-0.3, -0.25) is 5.32 Å². The molecule has 6 nitrogen and oxygen atoms in total. The molecule has 1 atom stereocenters. The van der Waals surface area contributed by atoms with Gasteiger partial charge in [-0.2, -0.15) is 0 Å². The lowest BCUT2D eigenvalue weighted by molar-refractivity contribution is 0.153. The van der Waals surface area contributed by atoms with Crippen LogP contribution in [0.3, 0.4) is 0 Å². The molecular weight excluding hydrogens is 288 g/mol. The molecule has 1 aromatic rings. The summed E-state index contributed by atoms with van der Waals surface area (Å²) in [5.74, 6) is 0. The second-order valence-electron chi connectivity index (χ2n) is 6.04. The van der Waals surface area contributed by atoms with Crippen LogP contribution in [-0.4, -0.2) is 29.4 Å². The zero-order valence-electron chi connectivity index (χ0n) is 12.4. The third-order valence-electron chi connectivity index (χ3n) is 4.86. The van der Waals surface area contributed by atoms with Crippen molar-refractivity contribution in [2.75, 3.05) is 12.4 Å². The Bertz CT molecular complexity index is 499. The first-order valence-corrected chi connectivity index (χ1v) is 8.48. The largest absolute Gasteiger partial charge is 0.472 e. The van der Waals surface area contributed by atoms with Crippen molar-refractivity contribution in [3.05, 3.63) is 0 Å². The van der Waals surface area contributed by atoms with Crippen molar-refractivity contribution < 1.29 is 9.53 Å². The SMILES string of the molecule is COc1nnc(NC(=O)NC2CCCC23CCCCC3)s1. The predicted molar refractivity (Wildman–Crippen MR) is 81.8 cm³/mol. The molecule has 2 saturated carbocycles. The third kappa shape index (κ3) is 3.12. The van der Waals surface area contributed by atoms with Gasteiger partial charge in [0.2, 0.25) is 5.13 Å². The van der Waals surface area contributed by atoms with E-state index < -0.39 is 0 Å². The molecule has 2 N–H and O–H groups in total. The summed E-state index contributed by atoms with van der Waals surface area (Å²) in [5, 5.41) is 14.5. The highest BCUT2D eigenvalue weighted by molar-refractivity contribution is 7.17. The third-order valence-corrected chi connectivity index (χ3v) is 5.66. The average molecular weight is 310 g/mol. The Morgan fingerprint density at radius 1 is 1.24 bits per heavy atom. The van der Waals surface area contributed by atoms with Gasteiger partial charge in [-0.1, -0.05) is 30.8 Å². The number of nitrogens with zero attached hydrogens (tertiary/aromatic N) is 2. The van der Waals surface area contributed by atoms with Crippen LogP contribution in [0.1, 0.15) is 51.4 Å². The summed E-state index contributed by atoms with van der Waals surface area (Å²) in [6.45, 7) is 0. The highest BCUT2D eigenvalue weighted by Gasteiger charge is 2.43. The monoisotopic (exact) mass is 310 g/mol. The summed E-state index contributed by atoms with van der Waals surface area (Å²) < 4.78 is 4.97. The molecule has 2 amide bonds. The van der Waals surface area contributed by atoms with E-state index in [0.717, 1.165) is 6.42 Å². The number of ether oxygens (including phenoxy) is 1. The highest BCUT2D eigenvalue weighted by Crippen LogP contribution is 2.49. The van der Waals surface area contributed by atoms with Gasteiger partial charge in [-0.25, -0.2) is 4.79 Å². The Morgan fingerprint density at radius 2 is 2.00 bits per heavy atom. The quantitative estimate of drug-likeness (QED) is 0.899. The Balaban J connectivity index is 1.58. The molecule has 0 bridgehead atoms. The van der Waals surface area contributed by atoms with Gasteiger partial charge in [0.05, 0.1) is 7.11 Å². The number of urea groups is 1. The smallest absolute Gasteiger partial charge is 0.321 e. The maximum Gasteiger partial charge on any atom is 0.321 e. The summed E-state index contributed by atoms with van der Waals surface area (Å²) in [6, 6.07) is 0.123. The first-order valence-electron chi connectivity index (χ1n) is 7.67. The van der Waals surface area contributed by atoms with Gasteiger partial charge in [-0.05, 0) is 42.4 Å². The Kier molecular flexibility index (Phi) is 4.28. The summed E-state index contributed by atoms with van der Waals surface area (Å²) in [5.41, 5.74) is 0.342. The molecule has 1 unspecified atom stereocenters. The van der Waals surface area contributed by atoms with Crippen LogP contribution in [0.5, 0.6) is 5.19 Å². The van der Waals surface area contributed by atoms with Gasteiger partial charge in [0.1, 0.15) is 0 Å². The zero-order chi connectivity index (χ0) is 14.7.